The van der Waals surface area contributed by atoms with E-state index in [9.17, 15) is 28.4 Å². The molecule has 0 radical (unpaired) electrons. The fourth-order valence-electron chi connectivity index (χ4n) is 2.61. The lowest BCUT2D eigenvalue weighted by Gasteiger charge is -2.11. The summed E-state index contributed by atoms with van der Waals surface area (Å²) in [6.07, 6.45) is 0. The SMILES string of the molecule is CCn1c(C)nc([N+](=O)[O-])c1/C(O)=C(/C(C)=O)S(=O)(=O)c1ccccc1. The summed E-state index contributed by atoms with van der Waals surface area (Å²) in [6, 6.07) is 7.05. The molecule has 1 heterocycles. The van der Waals surface area contributed by atoms with Crippen LogP contribution in [0.3, 0.4) is 0 Å². The molecule has 0 saturated heterocycles. The van der Waals surface area contributed by atoms with E-state index >= 15 is 0 Å². The van der Waals surface area contributed by atoms with Gasteiger partial charge in [-0.2, -0.15) is 0 Å². The van der Waals surface area contributed by atoms with Gasteiger partial charge in [0.15, 0.2) is 22.1 Å². The third kappa shape index (κ3) is 3.23. The van der Waals surface area contributed by atoms with Crippen LogP contribution < -0.4 is 0 Å². The maximum absolute atomic E-state index is 12.8. The van der Waals surface area contributed by atoms with Crippen molar-refractivity contribution in [2.24, 2.45) is 0 Å². The van der Waals surface area contributed by atoms with Gasteiger partial charge in [0.05, 0.1) is 4.90 Å². The number of aliphatic hydroxyl groups excluding tert-OH is 1. The van der Waals surface area contributed by atoms with Gasteiger partial charge in [-0.25, -0.2) is 8.42 Å². The molecule has 0 amide bonds. The number of hydrogen-bond acceptors (Lipinski definition) is 7. The molecule has 138 valence electrons. The van der Waals surface area contributed by atoms with Gasteiger partial charge in [0, 0.05) is 20.4 Å². The quantitative estimate of drug-likeness (QED) is 0.353. The highest BCUT2D eigenvalue weighted by Crippen LogP contribution is 2.32. The molecule has 0 bridgehead atoms. The van der Waals surface area contributed by atoms with Crippen molar-refractivity contribution in [3.8, 4) is 0 Å². The summed E-state index contributed by atoms with van der Waals surface area (Å²) < 4.78 is 27.0. The predicted molar refractivity (Wildman–Crippen MR) is 93.2 cm³/mol. The number of Topliss-reactive ketones (excluding diaryl/α,β-unsaturated/α-hetero) is 1. The molecular weight excluding hydrogens is 362 g/mol. The van der Waals surface area contributed by atoms with Crippen molar-refractivity contribution in [1.82, 2.24) is 9.55 Å². The van der Waals surface area contributed by atoms with Crippen LogP contribution in [0.1, 0.15) is 25.4 Å². The lowest BCUT2D eigenvalue weighted by atomic mass is 10.2. The molecule has 26 heavy (non-hydrogen) atoms. The number of sulfone groups is 1. The number of aryl methyl sites for hydroxylation is 1. The molecule has 1 aromatic heterocycles. The molecule has 10 heteroatoms. The summed E-state index contributed by atoms with van der Waals surface area (Å²) in [5.41, 5.74) is -0.417. The van der Waals surface area contributed by atoms with E-state index in [4.69, 9.17) is 0 Å². The second kappa shape index (κ2) is 7.08. The Morgan fingerprint density at radius 1 is 1.31 bits per heavy atom. The Hall–Kier alpha value is -3.01. The van der Waals surface area contributed by atoms with E-state index in [-0.39, 0.29) is 17.3 Å². The monoisotopic (exact) mass is 379 g/mol. The summed E-state index contributed by atoms with van der Waals surface area (Å²) in [5.74, 6) is -2.44. The van der Waals surface area contributed by atoms with Crippen LogP contribution in [0.15, 0.2) is 40.1 Å². The van der Waals surface area contributed by atoms with Crippen molar-refractivity contribution < 1.29 is 23.2 Å². The van der Waals surface area contributed by atoms with Crippen LogP contribution in [-0.4, -0.2) is 33.8 Å². The second-order valence-corrected chi connectivity index (χ2v) is 7.27. The first kappa shape index (κ1) is 19.3. The first-order valence-electron chi connectivity index (χ1n) is 7.59. The van der Waals surface area contributed by atoms with Crippen LogP contribution in [0.2, 0.25) is 0 Å². The fourth-order valence-corrected chi connectivity index (χ4v) is 4.09. The minimum absolute atomic E-state index is 0.183. The topological polar surface area (TPSA) is 132 Å². The maximum Gasteiger partial charge on any atom is 0.393 e. The standard InChI is InChI=1S/C16H17N3O6S/c1-4-18-11(3)17-16(19(22)23)13(18)14(21)15(10(2)20)26(24,25)12-8-6-5-7-9-12/h5-9,21H,4H2,1-3H3/b15-14+. The molecule has 0 aliphatic heterocycles. The first-order valence-corrected chi connectivity index (χ1v) is 9.07. The summed E-state index contributed by atoms with van der Waals surface area (Å²) in [4.78, 5) is 25.2. The molecule has 0 unspecified atom stereocenters. The van der Waals surface area contributed by atoms with Crippen LogP contribution in [0.25, 0.3) is 5.76 Å². The van der Waals surface area contributed by atoms with Crippen molar-refractivity contribution in [2.45, 2.75) is 32.2 Å². The van der Waals surface area contributed by atoms with E-state index in [1.54, 1.807) is 13.0 Å². The lowest BCUT2D eigenvalue weighted by molar-refractivity contribution is -0.389. The number of ketones is 1. The molecule has 0 saturated carbocycles. The third-order valence-electron chi connectivity index (χ3n) is 3.71. The molecule has 0 fully saturated rings. The van der Waals surface area contributed by atoms with Gasteiger partial charge in [-0.05, 0) is 29.0 Å². The number of hydrogen-bond donors (Lipinski definition) is 1. The number of nitro groups is 1. The minimum Gasteiger partial charge on any atom is -0.504 e. The number of imidazole rings is 1. The van der Waals surface area contributed by atoms with Crippen molar-refractivity contribution in [1.29, 1.82) is 0 Å². The van der Waals surface area contributed by atoms with Crippen molar-refractivity contribution in [3.63, 3.8) is 0 Å². The summed E-state index contributed by atoms with van der Waals surface area (Å²) in [5, 5.41) is 21.9. The fraction of sp³-hybridized carbons (Fsp3) is 0.250. The van der Waals surface area contributed by atoms with Gasteiger partial charge in [0.1, 0.15) is 0 Å². The minimum atomic E-state index is -4.39. The number of rotatable bonds is 6. The number of aromatic nitrogens is 2. The van der Waals surface area contributed by atoms with Gasteiger partial charge in [-0.3, -0.25) is 9.36 Å². The van der Waals surface area contributed by atoms with E-state index < -0.39 is 42.7 Å². The van der Waals surface area contributed by atoms with Gasteiger partial charge in [-0.1, -0.05) is 18.2 Å². The molecule has 0 spiro atoms. The zero-order valence-electron chi connectivity index (χ0n) is 14.3. The lowest BCUT2D eigenvalue weighted by Crippen LogP contribution is -2.16. The highest BCUT2D eigenvalue weighted by molar-refractivity contribution is 7.96. The molecule has 9 nitrogen and oxygen atoms in total. The van der Waals surface area contributed by atoms with Crippen LogP contribution in [0.4, 0.5) is 5.82 Å². The van der Waals surface area contributed by atoms with Crippen LogP contribution in [0.5, 0.6) is 0 Å². The van der Waals surface area contributed by atoms with Crippen molar-refractivity contribution in [2.75, 3.05) is 0 Å². The van der Waals surface area contributed by atoms with E-state index in [0.29, 0.717) is 0 Å². The predicted octanol–water partition coefficient (Wildman–Crippen LogP) is 2.41. The largest absolute Gasteiger partial charge is 0.504 e. The zero-order chi connectivity index (χ0) is 19.6. The molecule has 2 aromatic rings. The van der Waals surface area contributed by atoms with Crippen LogP contribution in [-0.2, 0) is 21.2 Å². The average Bonchev–Trinajstić information content (AvgIpc) is 2.91. The van der Waals surface area contributed by atoms with E-state index in [1.807, 2.05) is 0 Å². The average molecular weight is 379 g/mol. The molecule has 0 aliphatic rings. The normalized spacial score (nSPS) is 12.6. The molecule has 1 aromatic carbocycles. The molecule has 2 rings (SSSR count). The molecular formula is C16H17N3O6S. The summed E-state index contributed by atoms with van der Waals surface area (Å²) in [6.45, 7) is 4.28. The number of aliphatic hydroxyl groups is 1. The van der Waals surface area contributed by atoms with E-state index in [1.165, 1.54) is 35.8 Å². The number of carbonyl (C=O) groups excluding carboxylic acids is 1. The van der Waals surface area contributed by atoms with E-state index in [2.05, 4.69) is 4.98 Å². The molecule has 0 aliphatic carbocycles. The number of carbonyl (C=O) groups is 1. The van der Waals surface area contributed by atoms with Crippen LogP contribution in [0, 0.1) is 17.0 Å². The summed E-state index contributed by atoms with van der Waals surface area (Å²) >= 11 is 0. The van der Waals surface area contributed by atoms with Gasteiger partial charge in [0.25, 0.3) is 0 Å². The highest BCUT2D eigenvalue weighted by atomic mass is 32.2. The molecule has 1 N–H and O–H groups in total. The third-order valence-corrected chi connectivity index (χ3v) is 5.62. The summed E-state index contributed by atoms with van der Waals surface area (Å²) in [7, 11) is -4.39. The van der Waals surface area contributed by atoms with E-state index in [0.717, 1.165) is 6.92 Å². The number of nitrogens with zero attached hydrogens (tertiary/aromatic N) is 3. The van der Waals surface area contributed by atoms with Gasteiger partial charge in [0.2, 0.25) is 15.7 Å². The zero-order valence-corrected chi connectivity index (χ0v) is 15.1. The van der Waals surface area contributed by atoms with Crippen molar-refractivity contribution >= 4 is 27.2 Å². The highest BCUT2D eigenvalue weighted by Gasteiger charge is 2.35. The second-order valence-electron chi connectivity index (χ2n) is 5.38. The first-order chi connectivity index (χ1) is 12.1. The number of allylic oxidation sites excluding steroid dienone is 1. The van der Waals surface area contributed by atoms with Crippen LogP contribution >= 0.6 is 0 Å². The Morgan fingerprint density at radius 2 is 1.88 bits per heavy atom. The van der Waals surface area contributed by atoms with Gasteiger partial charge >= 0.3 is 5.82 Å². The molecule has 0 atom stereocenters. The maximum atomic E-state index is 12.8. The number of benzene rings is 1. The Kier molecular flexibility index (Phi) is 5.26. The van der Waals surface area contributed by atoms with Crippen molar-refractivity contribution in [3.05, 3.63) is 56.9 Å². The van der Waals surface area contributed by atoms with Gasteiger partial charge < -0.3 is 15.2 Å². The Balaban J connectivity index is 2.89. The Bertz CT molecular complexity index is 1010. The Labute approximate surface area is 149 Å². The van der Waals surface area contributed by atoms with Gasteiger partial charge in [-0.15, -0.1) is 0 Å². The Morgan fingerprint density at radius 3 is 2.35 bits per heavy atom. The smallest absolute Gasteiger partial charge is 0.393 e.